The second kappa shape index (κ2) is 2.67. The minimum Gasteiger partial charge on any atom is -0.0613 e. The summed E-state index contributed by atoms with van der Waals surface area (Å²) < 4.78 is 21.2. The van der Waals surface area contributed by atoms with E-state index in [9.17, 15) is 0 Å². The van der Waals surface area contributed by atoms with Crippen molar-refractivity contribution in [3.8, 4) is 0 Å². The third kappa shape index (κ3) is 1.56. The zero-order valence-electron chi connectivity index (χ0n) is 8.52. The Balaban J connectivity index is 2.71. The molecule has 0 amide bonds. The summed E-state index contributed by atoms with van der Waals surface area (Å²) in [5, 5.41) is 0. The lowest BCUT2D eigenvalue weighted by atomic mass is 10.1. The molecule has 9 heavy (non-hydrogen) atoms. The molecule has 0 aliphatic carbocycles. The Morgan fingerprint density at radius 2 is 2.00 bits per heavy atom. The van der Waals surface area contributed by atoms with Crippen molar-refractivity contribution in [2.24, 2.45) is 0 Å². The van der Waals surface area contributed by atoms with Gasteiger partial charge in [-0.2, -0.15) is 0 Å². The maximum atomic E-state index is 7.06. The summed E-state index contributed by atoms with van der Waals surface area (Å²) in [5.41, 5.74) is 2.03. The van der Waals surface area contributed by atoms with Crippen LogP contribution in [-0.4, -0.2) is 0 Å². The second-order valence-electron chi connectivity index (χ2n) is 2.16. The van der Waals surface area contributed by atoms with E-state index in [0.29, 0.717) is 0 Å². The van der Waals surface area contributed by atoms with Crippen LogP contribution in [0.15, 0.2) is 24.3 Å². The third-order valence-corrected chi connectivity index (χ3v) is 1.32. The first-order valence-electron chi connectivity index (χ1n) is 4.53. The summed E-state index contributed by atoms with van der Waals surface area (Å²) in [6.45, 7) is 0.133. The molecule has 1 aromatic rings. The van der Waals surface area contributed by atoms with Crippen molar-refractivity contribution < 1.29 is 4.11 Å². The molecule has 0 unspecified atom stereocenters. The summed E-state index contributed by atoms with van der Waals surface area (Å²) in [5.74, 6) is 0. The van der Waals surface area contributed by atoms with Crippen molar-refractivity contribution in [2.45, 2.75) is 20.2 Å². The van der Waals surface area contributed by atoms with Crippen LogP contribution in [0.2, 0.25) is 0 Å². The zero-order valence-corrected chi connectivity index (χ0v) is 5.52. The van der Waals surface area contributed by atoms with Crippen LogP contribution in [0, 0.1) is 6.92 Å². The summed E-state index contributed by atoms with van der Waals surface area (Å²) in [6.07, 6.45) is 0.160. The largest absolute Gasteiger partial charge is 0.0613 e. The van der Waals surface area contributed by atoms with Crippen molar-refractivity contribution in [2.75, 3.05) is 0 Å². The molecule has 0 N–H and O–H groups in total. The van der Waals surface area contributed by atoms with E-state index in [-0.39, 0.29) is 6.42 Å². The summed E-state index contributed by atoms with van der Waals surface area (Å²) in [6, 6.07) is 7.59. The molecule has 0 heterocycles. The van der Waals surface area contributed by atoms with Gasteiger partial charge in [-0.15, -0.1) is 0 Å². The summed E-state index contributed by atoms with van der Waals surface area (Å²) in [4.78, 5) is 0. The van der Waals surface area contributed by atoms with E-state index in [2.05, 4.69) is 0 Å². The van der Waals surface area contributed by atoms with Crippen LogP contribution in [-0.2, 0) is 6.42 Å². The summed E-state index contributed by atoms with van der Waals surface area (Å²) in [7, 11) is 0. The van der Waals surface area contributed by atoms with Gasteiger partial charge in [0.05, 0.1) is 0 Å². The van der Waals surface area contributed by atoms with Crippen LogP contribution in [0.5, 0.6) is 0 Å². The average Bonchev–Trinajstić information content (AvgIpc) is 1.91. The Kier molecular flexibility index (Phi) is 1.01. The number of hydrogen-bond donors (Lipinski definition) is 0. The van der Waals surface area contributed by atoms with E-state index >= 15 is 0 Å². The highest BCUT2D eigenvalue weighted by Gasteiger charge is 1.84. The van der Waals surface area contributed by atoms with Gasteiger partial charge in [0.2, 0.25) is 0 Å². The molecule has 0 atom stereocenters. The minimum absolute atomic E-state index is 0.160. The number of hydrogen-bond acceptors (Lipinski definition) is 0. The van der Waals surface area contributed by atoms with Crippen LogP contribution in [0.25, 0.3) is 0 Å². The van der Waals surface area contributed by atoms with E-state index in [1.807, 2.05) is 31.2 Å². The van der Waals surface area contributed by atoms with Gasteiger partial charge in [0.15, 0.2) is 0 Å². The molecule has 48 valence electrons. The Morgan fingerprint density at radius 1 is 1.33 bits per heavy atom. The van der Waals surface area contributed by atoms with E-state index in [4.69, 9.17) is 4.11 Å². The standard InChI is InChI=1S/C9H12/c1-3-9-6-4-8(2)5-7-9/h4-7H,3H2,1-2H3/i1D3. The molecular weight excluding hydrogens is 108 g/mol. The zero-order chi connectivity index (χ0) is 9.19. The fourth-order valence-corrected chi connectivity index (χ4v) is 0.706. The smallest absolute Gasteiger partial charge is 0.0234 e. The van der Waals surface area contributed by atoms with Crippen molar-refractivity contribution in [1.29, 1.82) is 0 Å². The Morgan fingerprint density at radius 3 is 2.56 bits per heavy atom. The molecule has 0 saturated heterocycles. The first-order valence-corrected chi connectivity index (χ1v) is 3.03. The minimum atomic E-state index is -1.85. The molecule has 0 nitrogen and oxygen atoms in total. The molecule has 0 radical (unpaired) electrons. The predicted octanol–water partition coefficient (Wildman–Crippen LogP) is 2.56. The topological polar surface area (TPSA) is 0 Å². The maximum Gasteiger partial charge on any atom is 0.0234 e. The van der Waals surface area contributed by atoms with Gasteiger partial charge in [-0.3, -0.25) is 0 Å². The Bertz CT molecular complexity index is 245. The molecule has 0 aliphatic rings. The van der Waals surface area contributed by atoms with Crippen molar-refractivity contribution in [3.05, 3.63) is 35.4 Å². The van der Waals surface area contributed by atoms with Crippen LogP contribution in [0.1, 0.15) is 22.1 Å². The highest BCUT2D eigenvalue weighted by molar-refractivity contribution is 5.20. The molecule has 0 aromatic heterocycles. The monoisotopic (exact) mass is 123 g/mol. The van der Waals surface area contributed by atoms with Gasteiger partial charge in [0.1, 0.15) is 0 Å². The molecule has 1 rings (SSSR count). The fourth-order valence-electron chi connectivity index (χ4n) is 0.706. The molecule has 0 bridgehead atoms. The van der Waals surface area contributed by atoms with Gasteiger partial charge in [-0.1, -0.05) is 36.7 Å². The highest BCUT2D eigenvalue weighted by atomic mass is 13.9. The van der Waals surface area contributed by atoms with Crippen molar-refractivity contribution >= 4 is 0 Å². The van der Waals surface area contributed by atoms with Crippen LogP contribution in [0.3, 0.4) is 0 Å². The Labute approximate surface area is 60.7 Å². The van der Waals surface area contributed by atoms with Crippen LogP contribution < -0.4 is 0 Å². The van der Waals surface area contributed by atoms with Crippen molar-refractivity contribution in [1.82, 2.24) is 0 Å². The van der Waals surface area contributed by atoms with E-state index in [1.165, 1.54) is 0 Å². The molecule has 0 saturated carbocycles. The lowest BCUT2D eigenvalue weighted by Crippen LogP contribution is -1.77. The van der Waals surface area contributed by atoms with Gasteiger partial charge in [-0.25, -0.2) is 0 Å². The van der Waals surface area contributed by atoms with E-state index < -0.39 is 6.85 Å². The molecule has 0 heteroatoms. The quantitative estimate of drug-likeness (QED) is 0.538. The third-order valence-electron chi connectivity index (χ3n) is 1.32. The predicted molar refractivity (Wildman–Crippen MR) is 40.6 cm³/mol. The first kappa shape index (κ1) is 3.40. The first-order chi connectivity index (χ1) is 5.47. The average molecular weight is 123 g/mol. The van der Waals surface area contributed by atoms with Gasteiger partial charge in [0.25, 0.3) is 0 Å². The molecule has 0 aliphatic heterocycles. The number of rotatable bonds is 1. The molecule has 0 spiro atoms. The maximum absolute atomic E-state index is 7.06. The van der Waals surface area contributed by atoms with Gasteiger partial charge in [0, 0.05) is 4.11 Å². The molecule has 0 fully saturated rings. The van der Waals surface area contributed by atoms with Gasteiger partial charge < -0.3 is 0 Å². The molecule has 1 aromatic carbocycles. The molecular formula is C9H12. The Hall–Kier alpha value is -0.780. The summed E-state index contributed by atoms with van der Waals surface area (Å²) >= 11 is 0. The normalized spacial score (nSPS) is 15.9. The fraction of sp³-hybridized carbons (Fsp3) is 0.333. The van der Waals surface area contributed by atoms with Gasteiger partial charge in [-0.05, 0) is 18.9 Å². The number of benzene rings is 1. The van der Waals surface area contributed by atoms with Crippen LogP contribution in [0.4, 0.5) is 0 Å². The second-order valence-corrected chi connectivity index (χ2v) is 2.16. The van der Waals surface area contributed by atoms with Crippen molar-refractivity contribution in [3.63, 3.8) is 0 Å². The van der Waals surface area contributed by atoms with Gasteiger partial charge >= 0.3 is 0 Å². The highest BCUT2D eigenvalue weighted by Crippen LogP contribution is 2.02. The van der Waals surface area contributed by atoms with E-state index in [0.717, 1.165) is 11.1 Å². The van der Waals surface area contributed by atoms with Crippen LogP contribution >= 0.6 is 0 Å². The SMILES string of the molecule is [2H]C([2H])([2H])Cc1ccc(C)cc1. The lowest BCUT2D eigenvalue weighted by molar-refractivity contribution is 1.14. The number of aryl methyl sites for hydroxylation is 2. The van der Waals surface area contributed by atoms with E-state index in [1.54, 1.807) is 0 Å². The lowest BCUT2D eigenvalue weighted by Gasteiger charge is -1.94.